The number of benzene rings is 1. The summed E-state index contributed by atoms with van der Waals surface area (Å²) < 4.78 is 11.3. The van der Waals surface area contributed by atoms with Crippen LogP contribution in [0.3, 0.4) is 0 Å². The number of rotatable bonds is 10. The molecular weight excluding hydrogens is 368 g/mol. The highest BCUT2D eigenvalue weighted by molar-refractivity contribution is 5.58. The van der Waals surface area contributed by atoms with Crippen LogP contribution >= 0.6 is 0 Å². The van der Waals surface area contributed by atoms with Gasteiger partial charge in [0.1, 0.15) is 11.8 Å². The van der Waals surface area contributed by atoms with Crippen molar-refractivity contribution in [1.82, 2.24) is 15.0 Å². The Labute approximate surface area is 172 Å². The summed E-state index contributed by atoms with van der Waals surface area (Å²) in [6.07, 6.45) is 9.34. The van der Waals surface area contributed by atoms with E-state index in [1.165, 1.54) is 37.0 Å². The summed E-state index contributed by atoms with van der Waals surface area (Å²) in [7, 11) is 0. The maximum Gasteiger partial charge on any atom is 0.253 e. The number of ether oxygens (including phenoxy) is 1. The second-order valence-electron chi connectivity index (χ2n) is 7.65. The number of aliphatic hydroxyl groups is 1. The third kappa shape index (κ3) is 5.27. The fourth-order valence-corrected chi connectivity index (χ4v) is 3.67. The average molecular weight is 399 g/mol. The molecule has 1 aliphatic rings. The lowest BCUT2D eigenvalue weighted by Crippen LogP contribution is -2.23. The molecule has 2 heterocycles. The van der Waals surface area contributed by atoms with Gasteiger partial charge in [-0.3, -0.25) is 4.90 Å². The largest absolute Gasteiger partial charge is 0.493 e. The zero-order valence-corrected chi connectivity index (χ0v) is 17.3. The van der Waals surface area contributed by atoms with Crippen LogP contribution in [-0.2, 0) is 0 Å². The molecule has 1 aromatic heterocycles. The highest BCUT2D eigenvalue weighted by Crippen LogP contribution is 2.32. The molecule has 0 amide bonds. The van der Waals surface area contributed by atoms with Crippen LogP contribution in [0.5, 0.6) is 5.75 Å². The van der Waals surface area contributed by atoms with E-state index in [1.54, 1.807) is 0 Å². The molecular formula is C22H30N4O3. The number of aliphatic hydroxyl groups excluding tert-OH is 1. The van der Waals surface area contributed by atoms with Crippen molar-refractivity contribution in [3.8, 4) is 23.3 Å². The minimum Gasteiger partial charge on any atom is -0.493 e. The first kappa shape index (κ1) is 21.1. The molecule has 0 aliphatic carbocycles. The van der Waals surface area contributed by atoms with Crippen molar-refractivity contribution in [3.63, 3.8) is 0 Å². The van der Waals surface area contributed by atoms with Gasteiger partial charge < -0.3 is 14.4 Å². The highest BCUT2D eigenvalue weighted by Gasteiger charge is 2.38. The minimum absolute atomic E-state index is 0.271. The van der Waals surface area contributed by atoms with Gasteiger partial charge in [-0.05, 0) is 43.5 Å². The lowest BCUT2D eigenvalue weighted by atomic mass is 10.1. The molecule has 0 radical (unpaired) electrons. The summed E-state index contributed by atoms with van der Waals surface area (Å²) in [5.41, 5.74) is 1.83. The van der Waals surface area contributed by atoms with E-state index in [0.717, 1.165) is 29.9 Å². The lowest BCUT2D eigenvalue weighted by molar-refractivity contribution is 0.115. The van der Waals surface area contributed by atoms with Gasteiger partial charge >= 0.3 is 0 Å². The predicted octanol–water partition coefficient (Wildman–Crippen LogP) is 4.37. The monoisotopic (exact) mass is 398 g/mol. The molecule has 1 saturated heterocycles. The fourth-order valence-electron chi connectivity index (χ4n) is 3.67. The molecule has 1 fully saturated rings. The quantitative estimate of drug-likeness (QED) is 0.469. The Morgan fingerprint density at radius 1 is 1.28 bits per heavy atom. The van der Waals surface area contributed by atoms with Crippen molar-refractivity contribution in [2.45, 2.75) is 70.9 Å². The Balaban J connectivity index is 1.58. The smallest absolute Gasteiger partial charge is 0.253 e. The first-order valence-corrected chi connectivity index (χ1v) is 10.6. The number of aromatic nitrogens is 2. The van der Waals surface area contributed by atoms with Crippen LogP contribution in [-0.4, -0.2) is 39.4 Å². The molecule has 0 spiro atoms. The highest BCUT2D eigenvalue weighted by atomic mass is 16.5. The van der Waals surface area contributed by atoms with Crippen LogP contribution in [0.15, 0.2) is 22.7 Å². The van der Waals surface area contributed by atoms with Crippen molar-refractivity contribution < 1.29 is 14.4 Å². The third-order valence-electron chi connectivity index (χ3n) is 5.38. The normalized spacial score (nSPS) is 18.8. The molecule has 1 N–H and O–H groups in total. The van der Waals surface area contributed by atoms with Crippen molar-refractivity contribution in [3.05, 3.63) is 29.7 Å². The Bertz CT molecular complexity index is 830. The topological polar surface area (TPSA) is 95.4 Å². The van der Waals surface area contributed by atoms with E-state index < -0.39 is 12.1 Å². The van der Waals surface area contributed by atoms with Crippen LogP contribution in [0, 0.1) is 18.4 Å². The van der Waals surface area contributed by atoms with Crippen LogP contribution in [0.25, 0.3) is 11.4 Å². The average Bonchev–Trinajstić information content (AvgIpc) is 3.34. The van der Waals surface area contributed by atoms with E-state index in [1.807, 2.05) is 25.1 Å². The number of unbranched alkanes of at least 4 members (excludes halogenated alkanes) is 5. The first-order valence-electron chi connectivity index (χ1n) is 10.6. The van der Waals surface area contributed by atoms with E-state index in [0.29, 0.717) is 18.8 Å². The molecule has 0 unspecified atom stereocenters. The first-order chi connectivity index (χ1) is 14.1. The van der Waals surface area contributed by atoms with E-state index >= 15 is 0 Å². The zero-order chi connectivity index (χ0) is 20.6. The van der Waals surface area contributed by atoms with Crippen LogP contribution in [0.2, 0.25) is 0 Å². The second-order valence-corrected chi connectivity index (χ2v) is 7.65. The van der Waals surface area contributed by atoms with Crippen LogP contribution < -0.4 is 4.74 Å². The summed E-state index contributed by atoms with van der Waals surface area (Å²) in [5, 5.41) is 23.4. The number of hydrogen-bond donors (Lipinski definition) is 1. The number of hydrogen-bond acceptors (Lipinski definition) is 7. The molecule has 7 heteroatoms. The van der Waals surface area contributed by atoms with Crippen LogP contribution in [0.1, 0.15) is 69.4 Å². The summed E-state index contributed by atoms with van der Waals surface area (Å²) in [5.74, 6) is 1.59. The standard InChI is InChI=1S/C22H30N4O3/c1-3-4-5-6-7-8-13-28-19-10-9-17(14-16(19)2)21-24-22(29-25-21)20-18(27)11-12-26(20)15-23/h9-10,14,18,20,27H,3-8,11-13H2,1-2H3/t18-,20-/m0/s1. The number of nitrogens with zero attached hydrogens (tertiary/aromatic N) is 4. The third-order valence-corrected chi connectivity index (χ3v) is 5.38. The maximum absolute atomic E-state index is 10.1. The van der Waals surface area contributed by atoms with Crippen molar-refractivity contribution >= 4 is 0 Å². The minimum atomic E-state index is -0.678. The van der Waals surface area contributed by atoms with Gasteiger partial charge in [-0.1, -0.05) is 44.2 Å². The SMILES string of the molecule is CCCCCCCCOc1ccc(-c2noc([C@@H]3[C@@H](O)CCN3C#N)n2)cc1C. The van der Waals surface area contributed by atoms with Crippen molar-refractivity contribution in [2.24, 2.45) is 0 Å². The molecule has 2 atom stereocenters. The molecule has 0 bridgehead atoms. The van der Waals surface area contributed by atoms with E-state index in [-0.39, 0.29) is 5.89 Å². The predicted molar refractivity (Wildman–Crippen MR) is 109 cm³/mol. The molecule has 156 valence electrons. The van der Waals surface area contributed by atoms with E-state index in [9.17, 15) is 10.4 Å². The van der Waals surface area contributed by atoms with Gasteiger partial charge in [0.05, 0.1) is 12.7 Å². The lowest BCUT2D eigenvalue weighted by Gasteiger charge is -2.16. The van der Waals surface area contributed by atoms with Crippen molar-refractivity contribution in [2.75, 3.05) is 13.2 Å². The summed E-state index contributed by atoms with van der Waals surface area (Å²) in [6, 6.07) is 5.25. The fraction of sp³-hybridized carbons (Fsp3) is 0.591. The van der Waals surface area contributed by atoms with Crippen molar-refractivity contribution in [1.29, 1.82) is 5.26 Å². The zero-order valence-electron chi connectivity index (χ0n) is 17.3. The summed E-state index contributed by atoms with van der Waals surface area (Å²) >= 11 is 0. The van der Waals surface area contributed by atoms with Gasteiger partial charge in [0.25, 0.3) is 5.89 Å². The molecule has 2 aromatic rings. The van der Waals surface area contributed by atoms with Gasteiger partial charge in [-0.15, -0.1) is 0 Å². The Morgan fingerprint density at radius 2 is 2.07 bits per heavy atom. The Kier molecular flexibility index (Phi) is 7.48. The molecule has 7 nitrogen and oxygen atoms in total. The van der Waals surface area contributed by atoms with Gasteiger partial charge in [-0.25, -0.2) is 0 Å². The number of aryl methyl sites for hydroxylation is 1. The van der Waals surface area contributed by atoms with Gasteiger partial charge in [0.2, 0.25) is 5.82 Å². The Morgan fingerprint density at radius 3 is 2.83 bits per heavy atom. The number of likely N-dealkylation sites (tertiary alicyclic amines) is 1. The van der Waals surface area contributed by atoms with Crippen LogP contribution in [0.4, 0.5) is 0 Å². The summed E-state index contributed by atoms with van der Waals surface area (Å²) in [6.45, 7) is 5.44. The molecule has 0 saturated carbocycles. The summed E-state index contributed by atoms with van der Waals surface area (Å²) in [4.78, 5) is 5.90. The van der Waals surface area contributed by atoms with E-state index in [2.05, 4.69) is 23.3 Å². The van der Waals surface area contributed by atoms with Gasteiger partial charge in [0, 0.05) is 12.1 Å². The molecule has 1 aromatic carbocycles. The molecule has 3 rings (SSSR count). The molecule has 29 heavy (non-hydrogen) atoms. The van der Waals surface area contributed by atoms with Gasteiger partial charge in [0.15, 0.2) is 6.19 Å². The molecule has 1 aliphatic heterocycles. The Hall–Kier alpha value is -2.59. The van der Waals surface area contributed by atoms with Gasteiger partial charge in [-0.2, -0.15) is 10.2 Å². The number of nitriles is 1. The second kappa shape index (κ2) is 10.3. The van der Waals surface area contributed by atoms with E-state index in [4.69, 9.17) is 9.26 Å². The maximum atomic E-state index is 10.1.